The monoisotopic (exact) mass is 246 g/mol. The molecule has 1 unspecified atom stereocenters. The highest BCUT2D eigenvalue weighted by Crippen LogP contribution is 2.34. The lowest BCUT2D eigenvalue weighted by Crippen LogP contribution is -2.35. The van der Waals surface area contributed by atoms with Gasteiger partial charge in [0, 0.05) is 23.8 Å². The van der Waals surface area contributed by atoms with Gasteiger partial charge >= 0.3 is 0 Å². The second-order valence-electron chi connectivity index (χ2n) is 5.64. The van der Waals surface area contributed by atoms with Gasteiger partial charge in [-0.15, -0.1) is 0 Å². The van der Waals surface area contributed by atoms with Crippen molar-refractivity contribution in [3.8, 4) is 0 Å². The van der Waals surface area contributed by atoms with Crippen molar-refractivity contribution in [2.45, 2.75) is 46.1 Å². The fraction of sp³-hybridized carbons (Fsp3) is 0.533. The van der Waals surface area contributed by atoms with Crippen molar-refractivity contribution in [2.75, 3.05) is 10.6 Å². The molecule has 0 spiro atoms. The third-order valence-electron chi connectivity index (χ3n) is 3.52. The van der Waals surface area contributed by atoms with Crippen LogP contribution >= 0.6 is 0 Å². The van der Waals surface area contributed by atoms with Gasteiger partial charge < -0.3 is 10.6 Å². The zero-order valence-corrected chi connectivity index (χ0v) is 11.4. The van der Waals surface area contributed by atoms with Crippen molar-refractivity contribution < 1.29 is 4.79 Å². The molecule has 3 heteroatoms. The average molecular weight is 246 g/mol. The van der Waals surface area contributed by atoms with Crippen LogP contribution in [-0.2, 0) is 11.2 Å². The SMILES string of the molecule is CC(C)CCC(=O)N1c2ccc(N)cc2CC1C. The second-order valence-corrected chi connectivity index (χ2v) is 5.64. The quantitative estimate of drug-likeness (QED) is 0.833. The maximum atomic E-state index is 12.3. The van der Waals surface area contributed by atoms with E-state index in [1.807, 2.05) is 23.1 Å². The normalized spacial score (nSPS) is 18.2. The van der Waals surface area contributed by atoms with Gasteiger partial charge in [-0.05, 0) is 49.4 Å². The third kappa shape index (κ3) is 2.50. The predicted molar refractivity (Wildman–Crippen MR) is 75.6 cm³/mol. The van der Waals surface area contributed by atoms with Crippen LogP contribution in [0.3, 0.4) is 0 Å². The lowest BCUT2D eigenvalue weighted by Gasteiger charge is -2.23. The topological polar surface area (TPSA) is 46.3 Å². The molecule has 1 aliphatic heterocycles. The van der Waals surface area contributed by atoms with E-state index < -0.39 is 0 Å². The highest BCUT2D eigenvalue weighted by Gasteiger charge is 2.30. The fourth-order valence-corrected chi connectivity index (χ4v) is 2.56. The van der Waals surface area contributed by atoms with E-state index in [1.165, 1.54) is 5.56 Å². The van der Waals surface area contributed by atoms with Crippen molar-refractivity contribution in [3.05, 3.63) is 23.8 Å². The summed E-state index contributed by atoms with van der Waals surface area (Å²) in [4.78, 5) is 14.2. The number of hydrogen-bond acceptors (Lipinski definition) is 2. The Morgan fingerprint density at radius 3 is 2.89 bits per heavy atom. The standard InChI is InChI=1S/C15H22N2O/c1-10(2)4-7-15(18)17-11(3)8-12-9-13(16)5-6-14(12)17/h5-6,9-11H,4,7-8,16H2,1-3H3. The zero-order chi connectivity index (χ0) is 13.3. The Morgan fingerprint density at radius 2 is 2.22 bits per heavy atom. The summed E-state index contributed by atoms with van der Waals surface area (Å²) in [6, 6.07) is 6.09. The van der Waals surface area contributed by atoms with Gasteiger partial charge in [-0.1, -0.05) is 13.8 Å². The molecule has 0 radical (unpaired) electrons. The van der Waals surface area contributed by atoms with E-state index in [1.54, 1.807) is 0 Å². The second kappa shape index (κ2) is 5.01. The molecule has 98 valence electrons. The zero-order valence-electron chi connectivity index (χ0n) is 11.4. The number of benzene rings is 1. The summed E-state index contributed by atoms with van der Waals surface area (Å²) in [6.45, 7) is 6.40. The molecule has 0 aliphatic carbocycles. The number of hydrogen-bond donors (Lipinski definition) is 1. The van der Waals surface area contributed by atoms with E-state index in [-0.39, 0.29) is 11.9 Å². The van der Waals surface area contributed by atoms with Crippen LogP contribution in [0.25, 0.3) is 0 Å². The Kier molecular flexibility index (Phi) is 3.60. The van der Waals surface area contributed by atoms with Gasteiger partial charge in [0.25, 0.3) is 0 Å². The molecule has 1 aliphatic rings. The first-order valence-corrected chi connectivity index (χ1v) is 6.69. The van der Waals surface area contributed by atoms with Gasteiger partial charge in [-0.3, -0.25) is 4.79 Å². The van der Waals surface area contributed by atoms with Gasteiger partial charge in [0.05, 0.1) is 0 Å². The number of anilines is 2. The first-order valence-electron chi connectivity index (χ1n) is 6.69. The van der Waals surface area contributed by atoms with Crippen molar-refractivity contribution in [3.63, 3.8) is 0 Å². The van der Waals surface area contributed by atoms with Crippen molar-refractivity contribution in [1.29, 1.82) is 0 Å². The molecule has 1 heterocycles. The summed E-state index contributed by atoms with van der Waals surface area (Å²) in [5.41, 5.74) is 8.81. The summed E-state index contributed by atoms with van der Waals surface area (Å²) in [6.07, 6.45) is 2.49. The molecule has 0 fully saturated rings. The Hall–Kier alpha value is -1.51. The smallest absolute Gasteiger partial charge is 0.227 e. The van der Waals surface area contributed by atoms with Crippen molar-refractivity contribution in [1.82, 2.24) is 0 Å². The Bertz CT molecular complexity index is 454. The fourth-order valence-electron chi connectivity index (χ4n) is 2.56. The number of carbonyl (C=O) groups excluding carboxylic acids is 1. The summed E-state index contributed by atoms with van der Waals surface area (Å²) >= 11 is 0. The van der Waals surface area contributed by atoms with Crippen LogP contribution in [0.2, 0.25) is 0 Å². The maximum absolute atomic E-state index is 12.3. The van der Waals surface area contributed by atoms with Crippen LogP contribution < -0.4 is 10.6 Å². The molecule has 0 aromatic heterocycles. The number of nitrogens with two attached hydrogens (primary N) is 1. The summed E-state index contributed by atoms with van der Waals surface area (Å²) < 4.78 is 0. The summed E-state index contributed by atoms with van der Waals surface area (Å²) in [5, 5.41) is 0. The van der Waals surface area contributed by atoms with Gasteiger partial charge in [0.2, 0.25) is 5.91 Å². The van der Waals surface area contributed by atoms with Crippen LogP contribution in [0, 0.1) is 5.92 Å². The molecule has 0 saturated heterocycles. The molecule has 1 aromatic rings. The third-order valence-corrected chi connectivity index (χ3v) is 3.52. The number of fused-ring (bicyclic) bond motifs is 1. The van der Waals surface area contributed by atoms with Gasteiger partial charge in [-0.25, -0.2) is 0 Å². The van der Waals surface area contributed by atoms with Crippen LogP contribution in [0.15, 0.2) is 18.2 Å². The lowest BCUT2D eigenvalue weighted by atomic mass is 10.1. The van der Waals surface area contributed by atoms with Crippen LogP contribution in [0.1, 0.15) is 39.2 Å². The number of amides is 1. The molecule has 2 N–H and O–H groups in total. The number of rotatable bonds is 3. The molecule has 2 rings (SSSR count). The van der Waals surface area contributed by atoms with Gasteiger partial charge in [0.1, 0.15) is 0 Å². The van der Waals surface area contributed by atoms with Crippen LogP contribution in [0.5, 0.6) is 0 Å². The first kappa shape index (κ1) is 12.9. The minimum atomic E-state index is 0.236. The van der Waals surface area contributed by atoms with Crippen molar-refractivity contribution >= 4 is 17.3 Å². The number of nitrogen functional groups attached to an aromatic ring is 1. The number of carbonyl (C=O) groups is 1. The molecule has 0 saturated carbocycles. The number of nitrogens with zero attached hydrogens (tertiary/aromatic N) is 1. The van der Waals surface area contributed by atoms with E-state index in [2.05, 4.69) is 20.8 Å². The van der Waals surface area contributed by atoms with E-state index >= 15 is 0 Å². The van der Waals surface area contributed by atoms with Gasteiger partial charge in [-0.2, -0.15) is 0 Å². The van der Waals surface area contributed by atoms with Crippen molar-refractivity contribution in [2.24, 2.45) is 5.92 Å². The minimum absolute atomic E-state index is 0.236. The van der Waals surface area contributed by atoms with E-state index in [0.29, 0.717) is 12.3 Å². The summed E-state index contributed by atoms with van der Waals surface area (Å²) in [5.74, 6) is 0.803. The Balaban J connectivity index is 2.17. The lowest BCUT2D eigenvalue weighted by molar-refractivity contribution is -0.119. The van der Waals surface area contributed by atoms with E-state index in [4.69, 9.17) is 5.73 Å². The Morgan fingerprint density at radius 1 is 1.50 bits per heavy atom. The predicted octanol–water partition coefficient (Wildman–Crippen LogP) is 2.98. The molecule has 0 bridgehead atoms. The molecular formula is C15H22N2O. The molecule has 1 amide bonds. The largest absolute Gasteiger partial charge is 0.399 e. The molecule has 18 heavy (non-hydrogen) atoms. The average Bonchev–Trinajstić information content (AvgIpc) is 2.61. The maximum Gasteiger partial charge on any atom is 0.227 e. The van der Waals surface area contributed by atoms with E-state index in [9.17, 15) is 4.79 Å². The van der Waals surface area contributed by atoms with E-state index in [0.717, 1.165) is 24.2 Å². The summed E-state index contributed by atoms with van der Waals surface area (Å²) in [7, 11) is 0. The molecular weight excluding hydrogens is 224 g/mol. The molecule has 1 aromatic carbocycles. The van der Waals surface area contributed by atoms with Crippen LogP contribution in [0.4, 0.5) is 11.4 Å². The Labute approximate surface area is 109 Å². The highest BCUT2D eigenvalue weighted by molar-refractivity contribution is 5.96. The van der Waals surface area contributed by atoms with Crippen LogP contribution in [-0.4, -0.2) is 11.9 Å². The molecule has 1 atom stereocenters. The molecule has 3 nitrogen and oxygen atoms in total. The first-order chi connectivity index (χ1) is 8.49. The minimum Gasteiger partial charge on any atom is -0.399 e. The highest BCUT2D eigenvalue weighted by atomic mass is 16.2. The van der Waals surface area contributed by atoms with Gasteiger partial charge in [0.15, 0.2) is 0 Å².